The number of nitrogens with one attached hydrogen (secondary N) is 2. The summed E-state index contributed by atoms with van der Waals surface area (Å²) in [5.74, 6) is 0. The van der Waals surface area contributed by atoms with Crippen molar-refractivity contribution in [3.05, 3.63) is 29.3 Å². The largest absolute Gasteiger partial charge is 0.360 e. The highest BCUT2D eigenvalue weighted by Gasteiger charge is 2.05. The van der Waals surface area contributed by atoms with Gasteiger partial charge in [-0.15, -0.1) is 0 Å². The van der Waals surface area contributed by atoms with Crippen molar-refractivity contribution < 1.29 is 0 Å². The number of hydrogen-bond donors (Lipinski definition) is 2. The van der Waals surface area contributed by atoms with Gasteiger partial charge in [0.25, 0.3) is 0 Å². The number of hydrogen-bond acceptors (Lipinski definition) is 1. The van der Waals surface area contributed by atoms with Gasteiger partial charge in [-0.05, 0) is 56.6 Å². The minimum absolute atomic E-state index is 0.421. The molecule has 3 heteroatoms. The Balaban J connectivity index is 2.59. The van der Waals surface area contributed by atoms with Crippen LogP contribution in [-0.2, 0) is 0 Å². The van der Waals surface area contributed by atoms with Crippen molar-refractivity contribution in [1.29, 1.82) is 0 Å². The minimum atomic E-state index is 0.421. The zero-order valence-corrected chi connectivity index (χ0v) is 11.9. The maximum absolute atomic E-state index is 5.31. The van der Waals surface area contributed by atoms with Crippen LogP contribution in [0.3, 0.4) is 0 Å². The number of anilines is 1. The molecule has 0 aliphatic carbocycles. The van der Waals surface area contributed by atoms with E-state index in [1.807, 2.05) is 6.07 Å². The van der Waals surface area contributed by atoms with Crippen molar-refractivity contribution in [2.24, 2.45) is 0 Å². The predicted octanol–water partition coefficient (Wildman–Crippen LogP) is 3.78. The minimum Gasteiger partial charge on any atom is -0.360 e. The molecule has 0 fully saturated rings. The maximum Gasteiger partial charge on any atom is 0.170 e. The quantitative estimate of drug-likeness (QED) is 0.795. The van der Waals surface area contributed by atoms with Crippen molar-refractivity contribution in [2.75, 3.05) is 5.32 Å². The fraction of sp³-hybridized carbons (Fsp3) is 0.500. The van der Waals surface area contributed by atoms with E-state index in [-0.39, 0.29) is 0 Å². The van der Waals surface area contributed by atoms with Gasteiger partial charge < -0.3 is 10.6 Å². The molecule has 0 heterocycles. The molecule has 0 aromatic heterocycles. The van der Waals surface area contributed by atoms with Gasteiger partial charge in [0.05, 0.1) is 0 Å². The molecule has 17 heavy (non-hydrogen) atoms. The summed E-state index contributed by atoms with van der Waals surface area (Å²) < 4.78 is 0. The SMILES string of the molecule is CCC[C@@H](C)NC(=S)Nc1cccc(C)c1C. The highest BCUT2D eigenvalue weighted by molar-refractivity contribution is 7.80. The third-order valence-electron chi connectivity index (χ3n) is 2.95. The third kappa shape index (κ3) is 4.35. The summed E-state index contributed by atoms with van der Waals surface area (Å²) in [4.78, 5) is 0. The summed E-state index contributed by atoms with van der Waals surface area (Å²) in [6, 6.07) is 6.63. The van der Waals surface area contributed by atoms with Crippen molar-refractivity contribution >= 4 is 23.0 Å². The first kappa shape index (κ1) is 14.0. The van der Waals surface area contributed by atoms with E-state index in [1.165, 1.54) is 17.5 Å². The first-order valence-electron chi connectivity index (χ1n) is 6.18. The Bertz CT molecular complexity index is 388. The van der Waals surface area contributed by atoms with Crippen LogP contribution in [0.2, 0.25) is 0 Å². The predicted molar refractivity (Wildman–Crippen MR) is 79.6 cm³/mol. The monoisotopic (exact) mass is 250 g/mol. The molecule has 0 spiro atoms. The van der Waals surface area contributed by atoms with Crippen molar-refractivity contribution in [3.8, 4) is 0 Å². The van der Waals surface area contributed by atoms with Gasteiger partial charge in [-0.3, -0.25) is 0 Å². The lowest BCUT2D eigenvalue weighted by atomic mass is 10.1. The van der Waals surface area contributed by atoms with E-state index >= 15 is 0 Å². The third-order valence-corrected chi connectivity index (χ3v) is 3.17. The zero-order valence-electron chi connectivity index (χ0n) is 11.1. The van der Waals surface area contributed by atoms with E-state index in [2.05, 4.69) is 50.5 Å². The van der Waals surface area contributed by atoms with E-state index in [0.717, 1.165) is 12.1 Å². The second-order valence-electron chi connectivity index (χ2n) is 4.54. The number of benzene rings is 1. The molecule has 0 amide bonds. The van der Waals surface area contributed by atoms with Crippen LogP contribution in [0.4, 0.5) is 5.69 Å². The first-order chi connectivity index (χ1) is 8.04. The maximum atomic E-state index is 5.31. The van der Waals surface area contributed by atoms with Gasteiger partial charge in [0.2, 0.25) is 0 Å². The van der Waals surface area contributed by atoms with Gasteiger partial charge in [-0.2, -0.15) is 0 Å². The molecule has 0 bridgehead atoms. The summed E-state index contributed by atoms with van der Waals surface area (Å²) in [5, 5.41) is 7.26. The molecule has 2 N–H and O–H groups in total. The summed E-state index contributed by atoms with van der Waals surface area (Å²) in [7, 11) is 0. The van der Waals surface area contributed by atoms with Crippen LogP contribution in [0.25, 0.3) is 0 Å². The summed E-state index contributed by atoms with van der Waals surface area (Å²) >= 11 is 5.31. The standard InChI is InChI=1S/C14H22N2S/c1-5-7-11(3)15-14(17)16-13-9-6-8-10(2)12(13)4/h6,8-9,11H,5,7H2,1-4H3,(H2,15,16,17)/t11-/m1/s1. The number of aryl methyl sites for hydroxylation is 1. The topological polar surface area (TPSA) is 24.1 Å². The van der Waals surface area contributed by atoms with Crippen LogP contribution in [-0.4, -0.2) is 11.2 Å². The van der Waals surface area contributed by atoms with Gasteiger partial charge in [-0.1, -0.05) is 25.5 Å². The lowest BCUT2D eigenvalue weighted by molar-refractivity contribution is 0.599. The summed E-state index contributed by atoms with van der Waals surface area (Å²) in [6.45, 7) is 8.55. The Labute approximate surface area is 110 Å². The molecule has 1 atom stereocenters. The van der Waals surface area contributed by atoms with Crippen LogP contribution in [0, 0.1) is 13.8 Å². The Morgan fingerprint density at radius 2 is 2.06 bits per heavy atom. The van der Waals surface area contributed by atoms with Crippen molar-refractivity contribution in [2.45, 2.75) is 46.6 Å². The van der Waals surface area contributed by atoms with E-state index in [4.69, 9.17) is 12.2 Å². The lowest BCUT2D eigenvalue weighted by Gasteiger charge is -2.17. The summed E-state index contributed by atoms with van der Waals surface area (Å²) in [6.07, 6.45) is 2.30. The molecule has 0 aliphatic heterocycles. The lowest BCUT2D eigenvalue weighted by Crippen LogP contribution is -2.35. The fourth-order valence-corrected chi connectivity index (χ4v) is 2.09. The normalized spacial score (nSPS) is 12.0. The van der Waals surface area contributed by atoms with Crippen LogP contribution < -0.4 is 10.6 Å². The second-order valence-corrected chi connectivity index (χ2v) is 4.94. The van der Waals surface area contributed by atoms with Gasteiger partial charge >= 0.3 is 0 Å². The van der Waals surface area contributed by atoms with Crippen molar-refractivity contribution in [3.63, 3.8) is 0 Å². The van der Waals surface area contributed by atoms with Gasteiger partial charge in [0, 0.05) is 11.7 Å². The van der Waals surface area contributed by atoms with Gasteiger partial charge in [-0.25, -0.2) is 0 Å². The van der Waals surface area contributed by atoms with Gasteiger partial charge in [0.1, 0.15) is 0 Å². The van der Waals surface area contributed by atoms with Gasteiger partial charge in [0.15, 0.2) is 5.11 Å². The second kappa shape index (κ2) is 6.60. The molecule has 0 saturated heterocycles. The molecule has 0 aliphatic rings. The molecular weight excluding hydrogens is 228 g/mol. The zero-order chi connectivity index (χ0) is 12.8. The molecule has 2 nitrogen and oxygen atoms in total. The van der Waals surface area contributed by atoms with E-state index in [9.17, 15) is 0 Å². The summed E-state index contributed by atoms with van der Waals surface area (Å²) in [5.41, 5.74) is 3.62. The first-order valence-corrected chi connectivity index (χ1v) is 6.59. The fourth-order valence-electron chi connectivity index (χ4n) is 1.77. The molecular formula is C14H22N2S. The van der Waals surface area contributed by atoms with Crippen LogP contribution >= 0.6 is 12.2 Å². The number of rotatable bonds is 4. The molecule has 0 radical (unpaired) electrons. The highest BCUT2D eigenvalue weighted by Crippen LogP contribution is 2.17. The van der Waals surface area contributed by atoms with E-state index < -0.39 is 0 Å². The van der Waals surface area contributed by atoms with Crippen LogP contribution in [0.1, 0.15) is 37.8 Å². The smallest absolute Gasteiger partial charge is 0.170 e. The Hall–Kier alpha value is -1.09. The Morgan fingerprint density at radius 1 is 1.35 bits per heavy atom. The highest BCUT2D eigenvalue weighted by atomic mass is 32.1. The Morgan fingerprint density at radius 3 is 2.71 bits per heavy atom. The molecule has 1 aromatic carbocycles. The van der Waals surface area contributed by atoms with Crippen LogP contribution in [0.5, 0.6) is 0 Å². The molecule has 0 saturated carbocycles. The average molecular weight is 250 g/mol. The Kier molecular flexibility index (Phi) is 5.42. The van der Waals surface area contributed by atoms with E-state index in [1.54, 1.807) is 0 Å². The molecule has 1 aromatic rings. The average Bonchev–Trinajstić information content (AvgIpc) is 2.25. The molecule has 1 rings (SSSR count). The molecule has 0 unspecified atom stereocenters. The number of thiocarbonyl (C=S) groups is 1. The molecule has 94 valence electrons. The van der Waals surface area contributed by atoms with Crippen molar-refractivity contribution in [1.82, 2.24) is 5.32 Å². The van der Waals surface area contributed by atoms with E-state index in [0.29, 0.717) is 11.2 Å². The van der Waals surface area contributed by atoms with Crippen LogP contribution in [0.15, 0.2) is 18.2 Å².